The van der Waals surface area contributed by atoms with Gasteiger partial charge in [-0.05, 0) is 49.4 Å². The molecule has 8 heteroatoms. The van der Waals surface area contributed by atoms with Gasteiger partial charge >= 0.3 is 0 Å². The molecule has 1 saturated heterocycles. The third kappa shape index (κ3) is 3.71. The van der Waals surface area contributed by atoms with E-state index in [0.29, 0.717) is 29.6 Å². The Morgan fingerprint density at radius 1 is 1.16 bits per heavy atom. The van der Waals surface area contributed by atoms with Crippen LogP contribution in [0.1, 0.15) is 24.3 Å². The van der Waals surface area contributed by atoms with Gasteiger partial charge in [-0.25, -0.2) is 0 Å². The molecule has 1 aromatic heterocycles. The lowest BCUT2D eigenvalue weighted by atomic mass is 9.99. The fourth-order valence-corrected chi connectivity index (χ4v) is 3.93. The lowest BCUT2D eigenvalue weighted by Crippen LogP contribution is -2.29. The molecule has 0 aliphatic carbocycles. The molecule has 1 amide bonds. The first-order valence-electron chi connectivity index (χ1n) is 9.87. The fraction of sp³-hybridized carbons (Fsp3) is 0.167. The summed E-state index contributed by atoms with van der Waals surface area (Å²) in [5, 5.41) is 11.3. The summed E-state index contributed by atoms with van der Waals surface area (Å²) in [7, 11) is 1.47. The minimum absolute atomic E-state index is 0.104. The molecule has 0 saturated carbocycles. The number of Topliss-reactive ketones (excluding diaryl/α,β-unsaturated/α-hetero) is 1. The molecule has 164 valence electrons. The zero-order valence-corrected chi connectivity index (χ0v) is 18.1. The van der Waals surface area contributed by atoms with Crippen molar-refractivity contribution in [1.82, 2.24) is 0 Å². The number of anilines is 1. The van der Waals surface area contributed by atoms with Crippen LogP contribution in [0.4, 0.5) is 5.69 Å². The Hall–Kier alpha value is -3.71. The number of aliphatic hydroxyl groups excluding tert-OH is 1. The van der Waals surface area contributed by atoms with Crippen LogP contribution in [0.5, 0.6) is 11.5 Å². The topological polar surface area (TPSA) is 89.2 Å². The number of ketones is 1. The van der Waals surface area contributed by atoms with Crippen LogP contribution in [0.2, 0.25) is 5.02 Å². The summed E-state index contributed by atoms with van der Waals surface area (Å²) in [4.78, 5) is 27.5. The summed E-state index contributed by atoms with van der Waals surface area (Å²) in [5.74, 6) is -0.699. The van der Waals surface area contributed by atoms with E-state index in [-0.39, 0.29) is 21.9 Å². The van der Waals surface area contributed by atoms with Crippen LogP contribution in [0, 0.1) is 0 Å². The van der Waals surface area contributed by atoms with Crippen molar-refractivity contribution < 1.29 is 28.6 Å². The summed E-state index contributed by atoms with van der Waals surface area (Å²) in [6, 6.07) is 13.8. The predicted octanol–water partition coefficient (Wildman–Crippen LogP) is 4.97. The third-order valence-corrected chi connectivity index (χ3v) is 5.38. The van der Waals surface area contributed by atoms with Gasteiger partial charge < -0.3 is 19.0 Å². The summed E-state index contributed by atoms with van der Waals surface area (Å²) in [6.45, 7) is 2.30. The van der Waals surface area contributed by atoms with Gasteiger partial charge in [0.25, 0.3) is 11.7 Å². The van der Waals surface area contributed by atoms with Crippen LogP contribution in [-0.2, 0) is 9.59 Å². The molecule has 0 bridgehead atoms. The molecule has 2 aromatic carbocycles. The van der Waals surface area contributed by atoms with Crippen molar-refractivity contribution in [2.24, 2.45) is 0 Å². The number of aliphatic hydroxyl groups is 1. The van der Waals surface area contributed by atoms with E-state index in [4.69, 9.17) is 25.5 Å². The number of rotatable bonds is 6. The number of carbonyl (C=O) groups excluding carboxylic acids is 2. The van der Waals surface area contributed by atoms with Crippen LogP contribution in [0.15, 0.2) is 70.9 Å². The number of benzene rings is 2. The Labute approximate surface area is 189 Å². The Bertz CT molecular complexity index is 1200. The van der Waals surface area contributed by atoms with Crippen LogP contribution in [0.25, 0.3) is 5.76 Å². The van der Waals surface area contributed by atoms with Gasteiger partial charge in [0, 0.05) is 17.3 Å². The maximum Gasteiger partial charge on any atom is 0.300 e. The Morgan fingerprint density at radius 2 is 1.97 bits per heavy atom. The molecule has 0 radical (unpaired) electrons. The van der Waals surface area contributed by atoms with Gasteiger partial charge in [-0.1, -0.05) is 17.7 Å². The monoisotopic (exact) mass is 453 g/mol. The Kier molecular flexibility index (Phi) is 5.92. The van der Waals surface area contributed by atoms with Crippen molar-refractivity contribution in [2.45, 2.75) is 13.0 Å². The first-order chi connectivity index (χ1) is 15.5. The van der Waals surface area contributed by atoms with Gasteiger partial charge in [0.05, 0.1) is 30.6 Å². The number of hydrogen-bond donors (Lipinski definition) is 1. The number of carbonyl (C=O) groups is 2. The van der Waals surface area contributed by atoms with Gasteiger partial charge in [0.1, 0.15) is 29.1 Å². The zero-order chi connectivity index (χ0) is 22.8. The van der Waals surface area contributed by atoms with E-state index in [9.17, 15) is 14.7 Å². The minimum Gasteiger partial charge on any atom is -0.507 e. The molecular weight excluding hydrogens is 434 g/mol. The standard InChI is InChI=1S/C24H20ClNO6/c1-3-31-16-7-4-6-15(13-16)26-21(19-8-5-11-32-19)20(23(28)24(26)29)22(27)14-9-10-18(30-2)17(25)12-14/h4-13,21,27H,3H2,1-2H3/b22-20-. The van der Waals surface area contributed by atoms with Gasteiger partial charge in [-0.15, -0.1) is 0 Å². The number of ether oxygens (including phenoxy) is 2. The van der Waals surface area contributed by atoms with Crippen molar-refractivity contribution in [3.8, 4) is 11.5 Å². The first-order valence-corrected chi connectivity index (χ1v) is 10.2. The number of methoxy groups -OCH3 is 1. The Balaban J connectivity index is 1.88. The molecule has 1 atom stereocenters. The number of hydrogen-bond acceptors (Lipinski definition) is 6. The fourth-order valence-electron chi connectivity index (χ4n) is 3.67. The smallest absolute Gasteiger partial charge is 0.300 e. The van der Waals surface area contributed by atoms with E-state index in [2.05, 4.69) is 0 Å². The van der Waals surface area contributed by atoms with Crippen molar-refractivity contribution in [3.05, 3.63) is 82.8 Å². The maximum absolute atomic E-state index is 13.1. The summed E-state index contributed by atoms with van der Waals surface area (Å²) < 4.78 is 16.2. The van der Waals surface area contributed by atoms with Gasteiger partial charge in [-0.2, -0.15) is 0 Å². The molecule has 32 heavy (non-hydrogen) atoms. The van der Waals surface area contributed by atoms with Crippen molar-refractivity contribution in [3.63, 3.8) is 0 Å². The molecule has 1 fully saturated rings. The molecule has 1 N–H and O–H groups in total. The summed E-state index contributed by atoms with van der Waals surface area (Å²) >= 11 is 6.20. The minimum atomic E-state index is -0.970. The highest BCUT2D eigenvalue weighted by molar-refractivity contribution is 6.51. The number of furan rings is 1. The highest BCUT2D eigenvalue weighted by Crippen LogP contribution is 2.43. The second-order valence-corrected chi connectivity index (χ2v) is 7.37. The highest BCUT2D eigenvalue weighted by atomic mass is 35.5. The van der Waals surface area contributed by atoms with E-state index in [0.717, 1.165) is 0 Å². The lowest BCUT2D eigenvalue weighted by molar-refractivity contribution is -0.132. The van der Waals surface area contributed by atoms with E-state index in [1.165, 1.54) is 24.3 Å². The van der Waals surface area contributed by atoms with E-state index >= 15 is 0 Å². The van der Waals surface area contributed by atoms with Crippen LogP contribution in [0.3, 0.4) is 0 Å². The molecule has 7 nitrogen and oxygen atoms in total. The second-order valence-electron chi connectivity index (χ2n) is 6.96. The Morgan fingerprint density at radius 3 is 2.62 bits per heavy atom. The highest BCUT2D eigenvalue weighted by Gasteiger charge is 2.48. The van der Waals surface area contributed by atoms with Gasteiger partial charge in [0.2, 0.25) is 0 Å². The lowest BCUT2D eigenvalue weighted by Gasteiger charge is -2.23. The normalized spacial score (nSPS) is 17.6. The second kappa shape index (κ2) is 8.80. The summed E-state index contributed by atoms with van der Waals surface area (Å²) in [6.07, 6.45) is 1.44. The summed E-state index contributed by atoms with van der Waals surface area (Å²) in [5.41, 5.74) is 0.604. The molecule has 2 heterocycles. The molecule has 3 aromatic rings. The SMILES string of the molecule is CCOc1cccc(N2C(=O)C(=O)/C(=C(\O)c3ccc(OC)c(Cl)c3)C2c2ccco2)c1. The molecule has 1 unspecified atom stereocenters. The van der Waals surface area contributed by atoms with Crippen molar-refractivity contribution >= 4 is 34.7 Å². The van der Waals surface area contributed by atoms with E-state index in [1.54, 1.807) is 48.5 Å². The van der Waals surface area contributed by atoms with Gasteiger partial charge in [-0.3, -0.25) is 14.5 Å². The zero-order valence-electron chi connectivity index (χ0n) is 17.4. The van der Waals surface area contributed by atoms with Crippen LogP contribution >= 0.6 is 11.6 Å². The maximum atomic E-state index is 13.1. The molecular formula is C24H20ClNO6. The third-order valence-electron chi connectivity index (χ3n) is 5.09. The van der Waals surface area contributed by atoms with E-state index in [1.807, 2.05) is 6.92 Å². The molecule has 4 rings (SSSR count). The van der Waals surface area contributed by atoms with Crippen LogP contribution in [-0.4, -0.2) is 30.5 Å². The van der Waals surface area contributed by atoms with Crippen LogP contribution < -0.4 is 14.4 Å². The molecule has 1 aliphatic rings. The van der Waals surface area contributed by atoms with E-state index < -0.39 is 17.7 Å². The predicted molar refractivity (Wildman–Crippen MR) is 119 cm³/mol. The molecule has 0 spiro atoms. The number of halogens is 1. The largest absolute Gasteiger partial charge is 0.507 e. The quantitative estimate of drug-likeness (QED) is 0.322. The van der Waals surface area contributed by atoms with Gasteiger partial charge in [0.15, 0.2) is 0 Å². The number of amides is 1. The number of nitrogens with zero attached hydrogens (tertiary/aromatic N) is 1. The van der Waals surface area contributed by atoms with Crippen molar-refractivity contribution in [2.75, 3.05) is 18.6 Å². The average molecular weight is 454 g/mol. The average Bonchev–Trinajstić information content (AvgIpc) is 3.41. The van der Waals surface area contributed by atoms with Crippen molar-refractivity contribution in [1.29, 1.82) is 0 Å². The first kappa shape index (κ1) is 21.5. The molecule has 1 aliphatic heterocycles.